The third-order valence-electron chi connectivity index (χ3n) is 6.21. The number of aromatic amines is 1. The average molecular weight is 566 g/mol. The number of unbranched alkanes of at least 4 members (excludes halogenated alkanes) is 12. The van der Waals surface area contributed by atoms with E-state index in [2.05, 4.69) is 36.6 Å². The van der Waals surface area contributed by atoms with Crippen LogP contribution < -0.4 is 32.1 Å². The van der Waals surface area contributed by atoms with Crippen LogP contribution in [0, 0.1) is 6.92 Å². The van der Waals surface area contributed by atoms with Crippen LogP contribution in [-0.2, 0) is 4.74 Å². The molecule has 1 heterocycles. The lowest BCUT2D eigenvalue weighted by atomic mass is 10.1. The molecule has 1 aromatic rings. The number of urea groups is 2. The Labute approximate surface area is 238 Å². The summed E-state index contributed by atoms with van der Waals surface area (Å²) in [4.78, 5) is 52.8. The first kappa shape index (κ1) is 34.7. The SMILES string of the molecule is CCOC(=O)NCCCCCCCCCCCCNC(=O)NCCCCCCNC(=O)Nc1nc(C)cc(=O)[nH]1. The number of ether oxygens (including phenoxy) is 1. The van der Waals surface area contributed by atoms with Crippen molar-refractivity contribution in [3.8, 4) is 0 Å². The van der Waals surface area contributed by atoms with Crippen LogP contribution in [-0.4, -0.2) is 60.9 Å². The molecule has 0 bridgehead atoms. The van der Waals surface area contributed by atoms with Gasteiger partial charge in [0.15, 0.2) is 0 Å². The fourth-order valence-corrected chi connectivity index (χ4v) is 4.10. The summed E-state index contributed by atoms with van der Waals surface area (Å²) in [7, 11) is 0. The fraction of sp³-hybridized carbons (Fsp3) is 0.750. The molecule has 228 valence electrons. The Bertz CT molecular complexity index is 894. The van der Waals surface area contributed by atoms with Crippen LogP contribution in [0.25, 0.3) is 0 Å². The number of hydrogen-bond acceptors (Lipinski definition) is 6. The molecule has 0 fully saturated rings. The molecular formula is C28H51N7O5. The minimum absolute atomic E-state index is 0.112. The van der Waals surface area contributed by atoms with Gasteiger partial charge in [-0.05, 0) is 39.5 Å². The molecule has 0 aromatic carbocycles. The number of H-pyrrole nitrogens is 1. The van der Waals surface area contributed by atoms with E-state index >= 15 is 0 Å². The number of aromatic nitrogens is 2. The van der Waals surface area contributed by atoms with Gasteiger partial charge < -0.3 is 26.0 Å². The maximum atomic E-state index is 11.9. The number of rotatable bonds is 22. The highest BCUT2D eigenvalue weighted by atomic mass is 16.5. The highest BCUT2D eigenvalue weighted by Gasteiger charge is 2.04. The molecule has 12 heteroatoms. The maximum Gasteiger partial charge on any atom is 0.407 e. The van der Waals surface area contributed by atoms with E-state index in [1.807, 2.05) is 0 Å². The van der Waals surface area contributed by atoms with Gasteiger partial charge in [0.2, 0.25) is 5.95 Å². The smallest absolute Gasteiger partial charge is 0.407 e. The number of amides is 5. The monoisotopic (exact) mass is 565 g/mol. The van der Waals surface area contributed by atoms with Gasteiger partial charge in [0.05, 0.1) is 6.61 Å². The summed E-state index contributed by atoms with van der Waals surface area (Å²) in [6.45, 7) is 6.43. The van der Waals surface area contributed by atoms with Crippen molar-refractivity contribution in [2.75, 3.05) is 38.1 Å². The van der Waals surface area contributed by atoms with Gasteiger partial charge in [-0.15, -0.1) is 0 Å². The number of carbonyl (C=O) groups is 3. The summed E-state index contributed by atoms with van der Waals surface area (Å²) >= 11 is 0. The lowest BCUT2D eigenvalue weighted by molar-refractivity contribution is 0.152. The molecule has 1 aromatic heterocycles. The van der Waals surface area contributed by atoms with Gasteiger partial charge >= 0.3 is 18.2 Å². The van der Waals surface area contributed by atoms with E-state index in [-0.39, 0.29) is 23.6 Å². The van der Waals surface area contributed by atoms with E-state index < -0.39 is 6.03 Å². The molecule has 0 unspecified atom stereocenters. The number of carbonyl (C=O) groups excluding carboxylic acids is 3. The van der Waals surface area contributed by atoms with E-state index in [9.17, 15) is 19.2 Å². The molecular weight excluding hydrogens is 514 g/mol. The van der Waals surface area contributed by atoms with Crippen molar-refractivity contribution in [2.45, 2.75) is 104 Å². The van der Waals surface area contributed by atoms with E-state index in [0.717, 1.165) is 51.4 Å². The van der Waals surface area contributed by atoms with E-state index in [1.54, 1.807) is 13.8 Å². The first-order valence-electron chi connectivity index (χ1n) is 15.0. The van der Waals surface area contributed by atoms with Gasteiger partial charge in [-0.25, -0.2) is 19.4 Å². The van der Waals surface area contributed by atoms with Gasteiger partial charge in [-0.3, -0.25) is 15.1 Å². The third-order valence-corrected chi connectivity index (χ3v) is 6.21. The largest absolute Gasteiger partial charge is 0.450 e. The lowest BCUT2D eigenvalue weighted by Crippen LogP contribution is -2.36. The third kappa shape index (κ3) is 20.6. The van der Waals surface area contributed by atoms with Gasteiger partial charge in [0.25, 0.3) is 5.56 Å². The molecule has 1 rings (SSSR count). The van der Waals surface area contributed by atoms with Gasteiger partial charge in [-0.1, -0.05) is 64.2 Å². The predicted octanol–water partition coefficient (Wildman–Crippen LogP) is 4.71. The van der Waals surface area contributed by atoms with Crippen LogP contribution in [0.4, 0.5) is 20.3 Å². The Kier molecular flexibility index (Phi) is 20.5. The van der Waals surface area contributed by atoms with Crippen molar-refractivity contribution < 1.29 is 19.1 Å². The molecule has 5 amide bonds. The minimum atomic E-state index is -0.405. The number of nitrogens with zero attached hydrogens (tertiary/aromatic N) is 1. The van der Waals surface area contributed by atoms with E-state index in [1.165, 1.54) is 44.6 Å². The van der Waals surface area contributed by atoms with Crippen molar-refractivity contribution >= 4 is 24.1 Å². The van der Waals surface area contributed by atoms with Crippen molar-refractivity contribution in [3.05, 3.63) is 22.1 Å². The summed E-state index contributed by atoms with van der Waals surface area (Å²) in [5.41, 5.74) is 0.223. The van der Waals surface area contributed by atoms with Crippen LogP contribution >= 0.6 is 0 Å². The summed E-state index contributed by atoms with van der Waals surface area (Å²) < 4.78 is 4.82. The van der Waals surface area contributed by atoms with Crippen LogP contribution in [0.5, 0.6) is 0 Å². The molecule has 0 atom stereocenters. The molecule has 0 saturated heterocycles. The molecule has 40 heavy (non-hydrogen) atoms. The zero-order chi connectivity index (χ0) is 29.3. The highest BCUT2D eigenvalue weighted by molar-refractivity contribution is 5.87. The Balaban J connectivity index is 1.81. The zero-order valence-electron chi connectivity index (χ0n) is 24.5. The zero-order valence-corrected chi connectivity index (χ0v) is 24.5. The second-order valence-corrected chi connectivity index (χ2v) is 9.90. The van der Waals surface area contributed by atoms with Crippen LogP contribution in [0.1, 0.15) is 103 Å². The summed E-state index contributed by atoms with van der Waals surface area (Å²) in [5, 5.41) is 13.8. The summed E-state index contributed by atoms with van der Waals surface area (Å²) in [6, 6.07) is 0.838. The normalized spacial score (nSPS) is 10.6. The number of nitrogens with one attached hydrogen (secondary N) is 6. The topological polar surface area (TPSA) is 166 Å². The molecule has 0 aliphatic heterocycles. The van der Waals surface area contributed by atoms with Crippen LogP contribution in [0.3, 0.4) is 0 Å². The van der Waals surface area contributed by atoms with Crippen molar-refractivity contribution in [1.29, 1.82) is 0 Å². The first-order chi connectivity index (χ1) is 19.4. The Morgan fingerprint density at radius 2 is 1.12 bits per heavy atom. The quantitative estimate of drug-likeness (QED) is 0.111. The minimum Gasteiger partial charge on any atom is -0.450 e. The van der Waals surface area contributed by atoms with Gasteiger partial charge in [-0.2, -0.15) is 0 Å². The molecule has 0 radical (unpaired) electrons. The Morgan fingerprint density at radius 3 is 1.57 bits per heavy atom. The summed E-state index contributed by atoms with van der Waals surface area (Å²) in [6.07, 6.45) is 15.0. The van der Waals surface area contributed by atoms with Gasteiger partial charge in [0, 0.05) is 37.9 Å². The van der Waals surface area contributed by atoms with Gasteiger partial charge in [0.1, 0.15) is 0 Å². The predicted molar refractivity (Wildman–Crippen MR) is 158 cm³/mol. The second kappa shape index (κ2) is 23.6. The molecule has 12 nitrogen and oxygen atoms in total. The average Bonchev–Trinajstić information content (AvgIpc) is 2.90. The number of hydrogen-bond donors (Lipinski definition) is 6. The molecule has 0 aliphatic carbocycles. The molecule has 0 spiro atoms. The highest BCUT2D eigenvalue weighted by Crippen LogP contribution is 2.10. The number of aryl methyl sites for hydroxylation is 1. The Morgan fingerprint density at radius 1 is 0.700 bits per heavy atom. The van der Waals surface area contributed by atoms with Crippen molar-refractivity contribution in [1.82, 2.24) is 31.2 Å². The van der Waals surface area contributed by atoms with E-state index in [0.29, 0.717) is 38.5 Å². The standard InChI is InChI=1S/C28H51N7O5/c1-3-40-28(39)32-21-17-11-9-7-5-4-6-8-10-14-18-29-26(37)30-19-15-12-13-16-20-31-27(38)35-25-33-23(2)22-24(36)34-25/h22H,3-21H2,1-2H3,(H,32,39)(H2,29,30,37)(H3,31,33,34,35,36,38). The van der Waals surface area contributed by atoms with E-state index in [4.69, 9.17) is 4.74 Å². The molecule has 0 aliphatic rings. The molecule has 6 N–H and O–H groups in total. The number of anilines is 1. The van der Waals surface area contributed by atoms with Crippen molar-refractivity contribution in [2.24, 2.45) is 0 Å². The fourth-order valence-electron chi connectivity index (χ4n) is 4.10. The second-order valence-electron chi connectivity index (χ2n) is 9.90. The Hall–Kier alpha value is -3.31. The van der Waals surface area contributed by atoms with Crippen LogP contribution in [0.2, 0.25) is 0 Å². The first-order valence-corrected chi connectivity index (χ1v) is 15.0. The van der Waals surface area contributed by atoms with Crippen molar-refractivity contribution in [3.63, 3.8) is 0 Å². The maximum absolute atomic E-state index is 11.9. The van der Waals surface area contributed by atoms with Crippen LogP contribution in [0.15, 0.2) is 10.9 Å². The number of alkyl carbamates (subject to hydrolysis) is 1. The lowest BCUT2D eigenvalue weighted by Gasteiger charge is -2.08. The summed E-state index contributed by atoms with van der Waals surface area (Å²) in [5.74, 6) is 0.129. The molecule has 0 saturated carbocycles.